The number of hydrogen-bond donors (Lipinski definition) is 1. The summed E-state index contributed by atoms with van der Waals surface area (Å²) in [6.45, 7) is 2.06. The normalized spacial score (nSPS) is 17.3. The number of thiazole rings is 1. The van der Waals surface area contributed by atoms with Gasteiger partial charge in [0.05, 0.1) is 18.8 Å². The fourth-order valence-electron chi connectivity index (χ4n) is 3.36. The predicted octanol–water partition coefficient (Wildman–Crippen LogP) is 3.25. The molecule has 1 aliphatic heterocycles. The van der Waals surface area contributed by atoms with E-state index in [2.05, 4.69) is 20.3 Å². The maximum absolute atomic E-state index is 13.0. The summed E-state index contributed by atoms with van der Waals surface area (Å²) < 4.78 is 15.0. The van der Waals surface area contributed by atoms with Gasteiger partial charge in [-0.2, -0.15) is 5.10 Å². The molecule has 3 aromatic rings. The summed E-state index contributed by atoms with van der Waals surface area (Å²) in [6.07, 6.45) is 5.88. The van der Waals surface area contributed by atoms with E-state index in [0.717, 1.165) is 37.2 Å². The third-order valence-corrected chi connectivity index (χ3v) is 5.45. The monoisotopic (exact) mass is 385 g/mol. The number of benzene rings is 1. The summed E-state index contributed by atoms with van der Waals surface area (Å²) in [5, 5.41) is 9.55. The van der Waals surface area contributed by atoms with Crippen molar-refractivity contribution in [2.45, 2.75) is 25.4 Å². The van der Waals surface area contributed by atoms with Crippen LogP contribution in [0.3, 0.4) is 0 Å². The van der Waals surface area contributed by atoms with Gasteiger partial charge in [-0.25, -0.2) is 9.37 Å². The van der Waals surface area contributed by atoms with Crippen molar-refractivity contribution < 1.29 is 9.18 Å². The molecule has 2 aromatic heterocycles. The van der Waals surface area contributed by atoms with Crippen molar-refractivity contribution in [1.29, 1.82) is 0 Å². The summed E-state index contributed by atoms with van der Waals surface area (Å²) in [7, 11) is 0. The van der Waals surface area contributed by atoms with Gasteiger partial charge in [0.1, 0.15) is 5.82 Å². The molecule has 1 atom stereocenters. The number of nitrogens with zero attached hydrogens (tertiary/aromatic N) is 4. The Morgan fingerprint density at radius 2 is 2.19 bits per heavy atom. The zero-order valence-corrected chi connectivity index (χ0v) is 15.5. The molecule has 27 heavy (non-hydrogen) atoms. The minimum absolute atomic E-state index is 0.0672. The molecule has 8 heteroatoms. The molecule has 0 saturated carbocycles. The van der Waals surface area contributed by atoms with Gasteiger partial charge in [0.2, 0.25) is 5.91 Å². The van der Waals surface area contributed by atoms with E-state index in [-0.39, 0.29) is 11.7 Å². The number of amides is 1. The molecule has 1 saturated heterocycles. The number of hydrogen-bond acceptors (Lipinski definition) is 5. The predicted molar refractivity (Wildman–Crippen MR) is 103 cm³/mol. The van der Waals surface area contributed by atoms with Gasteiger partial charge in [0.15, 0.2) is 5.13 Å². The summed E-state index contributed by atoms with van der Waals surface area (Å²) in [4.78, 5) is 19.1. The highest BCUT2D eigenvalue weighted by molar-refractivity contribution is 7.14. The van der Waals surface area contributed by atoms with Crippen LogP contribution in [-0.4, -0.2) is 44.7 Å². The second-order valence-corrected chi connectivity index (χ2v) is 7.45. The Morgan fingerprint density at radius 3 is 2.96 bits per heavy atom. The lowest BCUT2D eigenvalue weighted by atomic mass is 10.2. The molecule has 1 fully saturated rings. The van der Waals surface area contributed by atoms with Crippen molar-refractivity contribution in [1.82, 2.24) is 19.7 Å². The van der Waals surface area contributed by atoms with Crippen LogP contribution in [0, 0.1) is 5.82 Å². The van der Waals surface area contributed by atoms with Gasteiger partial charge in [-0.05, 0) is 49.7 Å². The van der Waals surface area contributed by atoms with E-state index in [4.69, 9.17) is 0 Å². The van der Waals surface area contributed by atoms with E-state index in [1.807, 2.05) is 22.3 Å². The van der Waals surface area contributed by atoms with Gasteiger partial charge >= 0.3 is 0 Å². The standard InChI is InChI=1S/C19H20FN5OS/c20-15-6-4-14(5-7-15)17-13-27-19(22-17)23-18(26)12-24-9-1-3-16(24)11-25-10-2-8-21-25/h2,4-8,10,13,16H,1,3,9,11-12H2,(H,22,23,26)/t16-/m0/s1. The van der Waals surface area contributed by atoms with Crippen LogP contribution >= 0.6 is 11.3 Å². The number of carbonyl (C=O) groups excluding carboxylic acids is 1. The highest BCUT2D eigenvalue weighted by Gasteiger charge is 2.26. The summed E-state index contributed by atoms with van der Waals surface area (Å²) in [5.41, 5.74) is 1.56. The number of nitrogens with one attached hydrogen (secondary N) is 1. The van der Waals surface area contributed by atoms with Crippen molar-refractivity contribution >= 4 is 22.4 Å². The third kappa shape index (κ3) is 4.40. The van der Waals surface area contributed by atoms with Gasteiger partial charge in [0, 0.05) is 29.4 Å². The van der Waals surface area contributed by atoms with E-state index < -0.39 is 0 Å². The number of anilines is 1. The number of halogens is 1. The smallest absolute Gasteiger partial charge is 0.240 e. The molecule has 0 aliphatic carbocycles. The van der Waals surface area contributed by atoms with Crippen LogP contribution in [-0.2, 0) is 11.3 Å². The Kier molecular flexibility index (Phi) is 5.26. The molecule has 1 aromatic carbocycles. The second-order valence-electron chi connectivity index (χ2n) is 6.59. The van der Waals surface area contributed by atoms with Gasteiger partial charge < -0.3 is 5.32 Å². The number of rotatable bonds is 6. The quantitative estimate of drug-likeness (QED) is 0.708. The van der Waals surface area contributed by atoms with Crippen LogP contribution in [0.4, 0.5) is 9.52 Å². The van der Waals surface area contributed by atoms with Crippen molar-refractivity contribution in [2.24, 2.45) is 0 Å². The van der Waals surface area contributed by atoms with Crippen LogP contribution in [0.1, 0.15) is 12.8 Å². The topological polar surface area (TPSA) is 63.1 Å². The first-order valence-corrected chi connectivity index (χ1v) is 9.78. The summed E-state index contributed by atoms with van der Waals surface area (Å²) in [6, 6.07) is 8.40. The molecule has 4 rings (SSSR count). The Bertz CT molecular complexity index is 893. The average molecular weight is 385 g/mol. The van der Waals surface area contributed by atoms with Crippen molar-refractivity contribution in [2.75, 3.05) is 18.4 Å². The molecule has 1 aliphatic rings. The average Bonchev–Trinajstić information content (AvgIpc) is 3.40. The molecule has 1 amide bonds. The van der Waals surface area contributed by atoms with Crippen molar-refractivity contribution in [3.63, 3.8) is 0 Å². The van der Waals surface area contributed by atoms with Crippen LogP contribution in [0.2, 0.25) is 0 Å². The molecular weight excluding hydrogens is 365 g/mol. The lowest BCUT2D eigenvalue weighted by molar-refractivity contribution is -0.117. The van der Waals surface area contributed by atoms with Crippen molar-refractivity contribution in [3.8, 4) is 11.3 Å². The zero-order chi connectivity index (χ0) is 18.6. The first-order valence-electron chi connectivity index (χ1n) is 8.90. The Balaban J connectivity index is 1.34. The molecule has 0 radical (unpaired) electrons. The molecule has 0 bridgehead atoms. The highest BCUT2D eigenvalue weighted by Crippen LogP contribution is 2.25. The molecule has 0 unspecified atom stereocenters. The van der Waals surface area contributed by atoms with Crippen LogP contribution in [0.5, 0.6) is 0 Å². The first-order chi connectivity index (χ1) is 13.2. The Hall–Kier alpha value is -2.58. The first kappa shape index (κ1) is 17.8. The molecule has 0 spiro atoms. The summed E-state index contributed by atoms with van der Waals surface area (Å²) in [5.74, 6) is -0.347. The third-order valence-electron chi connectivity index (χ3n) is 4.69. The molecular formula is C19H20FN5OS. The molecule has 3 heterocycles. The Labute approximate surface area is 160 Å². The van der Waals surface area contributed by atoms with E-state index in [0.29, 0.717) is 17.7 Å². The minimum atomic E-state index is -0.280. The van der Waals surface area contributed by atoms with Gasteiger partial charge in [-0.15, -0.1) is 11.3 Å². The zero-order valence-electron chi connectivity index (χ0n) is 14.7. The molecule has 6 nitrogen and oxygen atoms in total. The second kappa shape index (κ2) is 7.98. The fraction of sp³-hybridized carbons (Fsp3) is 0.316. The van der Waals surface area contributed by atoms with Crippen molar-refractivity contribution in [3.05, 3.63) is 53.9 Å². The number of likely N-dealkylation sites (tertiary alicyclic amines) is 1. The van der Waals surface area contributed by atoms with Crippen LogP contribution < -0.4 is 5.32 Å². The maximum atomic E-state index is 13.0. The minimum Gasteiger partial charge on any atom is -0.301 e. The van der Waals surface area contributed by atoms with E-state index >= 15 is 0 Å². The number of aromatic nitrogens is 3. The van der Waals surface area contributed by atoms with Gasteiger partial charge in [0.25, 0.3) is 0 Å². The SMILES string of the molecule is O=C(CN1CCC[C@H]1Cn1cccn1)Nc1nc(-c2ccc(F)cc2)cs1. The lowest BCUT2D eigenvalue weighted by Gasteiger charge is -2.23. The van der Waals surface area contributed by atoms with E-state index in [1.54, 1.807) is 18.3 Å². The largest absolute Gasteiger partial charge is 0.301 e. The fourth-order valence-corrected chi connectivity index (χ4v) is 4.10. The summed E-state index contributed by atoms with van der Waals surface area (Å²) >= 11 is 1.37. The van der Waals surface area contributed by atoms with Gasteiger partial charge in [-0.1, -0.05) is 0 Å². The van der Waals surface area contributed by atoms with E-state index in [1.165, 1.54) is 23.5 Å². The lowest BCUT2D eigenvalue weighted by Crippen LogP contribution is -2.39. The molecule has 140 valence electrons. The highest BCUT2D eigenvalue weighted by atomic mass is 32.1. The maximum Gasteiger partial charge on any atom is 0.240 e. The molecule has 1 N–H and O–H groups in total. The van der Waals surface area contributed by atoms with Gasteiger partial charge in [-0.3, -0.25) is 14.4 Å². The van der Waals surface area contributed by atoms with Crippen LogP contribution in [0.25, 0.3) is 11.3 Å². The Morgan fingerprint density at radius 1 is 1.33 bits per heavy atom. The van der Waals surface area contributed by atoms with E-state index in [9.17, 15) is 9.18 Å². The number of carbonyl (C=O) groups is 1. The van der Waals surface area contributed by atoms with Crippen LogP contribution in [0.15, 0.2) is 48.1 Å².